The molecule has 0 atom stereocenters. The summed E-state index contributed by atoms with van der Waals surface area (Å²) in [5, 5.41) is 5.40. The normalized spacial score (nSPS) is 11.0. The molecule has 6 nitrogen and oxygen atoms in total. The zero-order valence-electron chi connectivity index (χ0n) is 18.2. The van der Waals surface area contributed by atoms with Crippen LogP contribution in [0.2, 0.25) is 0 Å². The lowest BCUT2D eigenvalue weighted by molar-refractivity contribution is 0.0943. The molecule has 8 heteroatoms. The number of aromatic nitrogens is 1. The molecular weight excluding hydrogens is 441 g/mol. The molecule has 2 aromatic heterocycles. The molecule has 2 aromatic carbocycles. The highest BCUT2D eigenvalue weighted by atomic mass is 32.1. The minimum absolute atomic E-state index is 0.242. The molecule has 0 bridgehead atoms. The highest BCUT2D eigenvalue weighted by Crippen LogP contribution is 2.19. The Morgan fingerprint density at radius 1 is 1.06 bits per heavy atom. The fourth-order valence-electron chi connectivity index (χ4n) is 3.36. The van der Waals surface area contributed by atoms with Gasteiger partial charge >= 0.3 is 0 Å². The maximum atomic E-state index is 13.3. The number of methoxy groups -OCH3 is 1. The summed E-state index contributed by atoms with van der Waals surface area (Å²) in [7, 11) is 1.64. The second kappa shape index (κ2) is 10.9. The predicted molar refractivity (Wildman–Crippen MR) is 124 cm³/mol. The van der Waals surface area contributed by atoms with E-state index in [1.165, 1.54) is 23.5 Å². The molecule has 0 radical (unpaired) electrons. The molecule has 2 heterocycles. The van der Waals surface area contributed by atoms with Crippen LogP contribution in [0.5, 0.6) is 5.75 Å². The smallest absolute Gasteiger partial charge is 0.271 e. The molecule has 0 aliphatic heterocycles. The summed E-state index contributed by atoms with van der Waals surface area (Å²) in [6.45, 7) is 2.15. The van der Waals surface area contributed by atoms with Crippen molar-refractivity contribution >= 4 is 17.2 Å². The number of thiazole rings is 1. The van der Waals surface area contributed by atoms with Gasteiger partial charge in [0.05, 0.1) is 26.5 Å². The first-order valence-electron chi connectivity index (χ1n) is 10.4. The van der Waals surface area contributed by atoms with Gasteiger partial charge in [-0.25, -0.2) is 9.37 Å². The van der Waals surface area contributed by atoms with E-state index in [0.29, 0.717) is 37.6 Å². The molecule has 170 valence electrons. The van der Waals surface area contributed by atoms with E-state index in [-0.39, 0.29) is 11.7 Å². The van der Waals surface area contributed by atoms with E-state index in [1.807, 2.05) is 24.3 Å². The van der Waals surface area contributed by atoms with Gasteiger partial charge in [-0.05, 0) is 47.5 Å². The lowest BCUT2D eigenvalue weighted by atomic mass is 10.1. The second-order valence-corrected chi connectivity index (χ2v) is 8.45. The van der Waals surface area contributed by atoms with Gasteiger partial charge in [-0.1, -0.05) is 24.3 Å². The van der Waals surface area contributed by atoms with Crippen LogP contribution >= 0.6 is 11.3 Å². The van der Waals surface area contributed by atoms with Crippen molar-refractivity contribution in [2.45, 2.75) is 26.2 Å². The van der Waals surface area contributed by atoms with Gasteiger partial charge in [0.25, 0.3) is 5.91 Å². The highest BCUT2D eigenvalue weighted by Gasteiger charge is 2.15. The second-order valence-electron chi connectivity index (χ2n) is 7.51. The van der Waals surface area contributed by atoms with E-state index in [9.17, 15) is 9.18 Å². The number of carbonyl (C=O) groups is 1. The molecule has 4 aromatic rings. The largest absolute Gasteiger partial charge is 0.497 e. The van der Waals surface area contributed by atoms with Crippen LogP contribution in [0.15, 0.2) is 76.7 Å². The van der Waals surface area contributed by atoms with Crippen molar-refractivity contribution < 1.29 is 18.3 Å². The molecular formula is C25H24FN3O3S. The Balaban J connectivity index is 1.44. The molecule has 0 saturated heterocycles. The summed E-state index contributed by atoms with van der Waals surface area (Å²) in [5.41, 5.74) is 2.50. The number of nitrogens with zero attached hydrogens (tertiary/aromatic N) is 2. The average Bonchev–Trinajstić information content (AvgIpc) is 3.52. The summed E-state index contributed by atoms with van der Waals surface area (Å²) in [4.78, 5) is 19.2. The first kappa shape index (κ1) is 22.7. The van der Waals surface area contributed by atoms with Crippen LogP contribution in [0.1, 0.15) is 32.4 Å². The van der Waals surface area contributed by atoms with E-state index in [4.69, 9.17) is 9.15 Å². The number of hydrogen-bond donors (Lipinski definition) is 1. The van der Waals surface area contributed by atoms with Crippen molar-refractivity contribution in [1.82, 2.24) is 15.2 Å². The maximum absolute atomic E-state index is 13.3. The molecule has 4 rings (SSSR count). The summed E-state index contributed by atoms with van der Waals surface area (Å²) in [6.07, 6.45) is 1.57. The highest BCUT2D eigenvalue weighted by molar-refractivity contribution is 7.09. The predicted octanol–water partition coefficient (Wildman–Crippen LogP) is 5.02. The minimum Gasteiger partial charge on any atom is -0.497 e. The summed E-state index contributed by atoms with van der Waals surface area (Å²) in [6, 6.07) is 18.0. The van der Waals surface area contributed by atoms with Crippen molar-refractivity contribution in [3.05, 3.63) is 106 Å². The molecule has 0 spiro atoms. The number of carbonyl (C=O) groups excluding carboxylic acids is 1. The zero-order chi connectivity index (χ0) is 23.0. The van der Waals surface area contributed by atoms with E-state index in [0.717, 1.165) is 21.9 Å². The number of ether oxygens (including phenoxy) is 1. The molecule has 1 N–H and O–H groups in total. The summed E-state index contributed by atoms with van der Waals surface area (Å²) in [5.74, 6) is 0.984. The lowest BCUT2D eigenvalue weighted by Gasteiger charge is -2.21. The quantitative estimate of drug-likeness (QED) is 0.356. The van der Waals surface area contributed by atoms with Gasteiger partial charge in [-0.15, -0.1) is 11.3 Å². The number of benzene rings is 2. The molecule has 0 aliphatic rings. The summed E-state index contributed by atoms with van der Waals surface area (Å²) < 4.78 is 23.8. The van der Waals surface area contributed by atoms with E-state index in [1.54, 1.807) is 43.0 Å². The van der Waals surface area contributed by atoms with Gasteiger partial charge in [0.1, 0.15) is 28.0 Å². The van der Waals surface area contributed by atoms with Gasteiger partial charge in [0.15, 0.2) is 0 Å². The zero-order valence-corrected chi connectivity index (χ0v) is 19.0. The van der Waals surface area contributed by atoms with Crippen LogP contribution in [0.25, 0.3) is 0 Å². The van der Waals surface area contributed by atoms with Crippen molar-refractivity contribution in [2.24, 2.45) is 0 Å². The third-order valence-electron chi connectivity index (χ3n) is 5.03. The van der Waals surface area contributed by atoms with Crippen molar-refractivity contribution in [1.29, 1.82) is 0 Å². The summed E-state index contributed by atoms with van der Waals surface area (Å²) >= 11 is 1.44. The van der Waals surface area contributed by atoms with Crippen LogP contribution in [-0.4, -0.2) is 22.9 Å². The van der Waals surface area contributed by atoms with Crippen molar-refractivity contribution in [2.75, 3.05) is 7.11 Å². The molecule has 33 heavy (non-hydrogen) atoms. The SMILES string of the molecule is COc1ccc(CN(Cc2ccc(F)cc2)Cc2nc(C(=O)NCc3ccco3)cs2)cc1. The Bertz CT molecular complexity index is 1160. The van der Waals surface area contributed by atoms with Crippen LogP contribution in [0.4, 0.5) is 4.39 Å². The van der Waals surface area contributed by atoms with Crippen molar-refractivity contribution in [3.8, 4) is 5.75 Å². The average molecular weight is 466 g/mol. The monoisotopic (exact) mass is 465 g/mol. The van der Waals surface area contributed by atoms with Crippen molar-refractivity contribution in [3.63, 3.8) is 0 Å². The topological polar surface area (TPSA) is 67.6 Å². The number of amides is 1. The number of hydrogen-bond acceptors (Lipinski definition) is 6. The Morgan fingerprint density at radius 2 is 1.76 bits per heavy atom. The number of nitrogens with one attached hydrogen (secondary N) is 1. The lowest BCUT2D eigenvalue weighted by Crippen LogP contribution is -2.24. The third kappa shape index (κ3) is 6.50. The van der Waals surface area contributed by atoms with Gasteiger partial charge in [-0.3, -0.25) is 9.69 Å². The van der Waals surface area contributed by atoms with Gasteiger partial charge in [0.2, 0.25) is 0 Å². The Labute approximate surface area is 195 Å². The van der Waals surface area contributed by atoms with E-state index < -0.39 is 0 Å². The van der Waals surface area contributed by atoms with Gasteiger partial charge in [-0.2, -0.15) is 0 Å². The van der Waals surface area contributed by atoms with Crippen LogP contribution < -0.4 is 10.1 Å². The fourth-order valence-corrected chi connectivity index (χ4v) is 4.17. The molecule has 0 unspecified atom stereocenters. The number of rotatable bonds is 10. The van der Waals surface area contributed by atoms with Crippen LogP contribution in [0, 0.1) is 5.82 Å². The first-order chi connectivity index (χ1) is 16.1. The molecule has 1 amide bonds. The molecule has 0 saturated carbocycles. The first-order valence-corrected chi connectivity index (χ1v) is 11.3. The maximum Gasteiger partial charge on any atom is 0.271 e. The van der Waals surface area contributed by atoms with E-state index in [2.05, 4.69) is 15.2 Å². The van der Waals surface area contributed by atoms with Gasteiger partial charge in [0, 0.05) is 18.5 Å². The Kier molecular flexibility index (Phi) is 7.49. The molecule has 0 fully saturated rings. The fraction of sp³-hybridized carbons (Fsp3) is 0.200. The molecule has 0 aliphatic carbocycles. The van der Waals surface area contributed by atoms with Gasteiger partial charge < -0.3 is 14.5 Å². The minimum atomic E-state index is -0.259. The Hall–Kier alpha value is -3.49. The third-order valence-corrected chi connectivity index (χ3v) is 5.86. The van der Waals surface area contributed by atoms with Crippen LogP contribution in [0.3, 0.4) is 0 Å². The standard InChI is InChI=1S/C25H24FN3O3S/c1-31-21-10-6-19(7-11-21)15-29(14-18-4-8-20(26)9-5-18)16-24-28-23(17-33-24)25(30)27-13-22-3-2-12-32-22/h2-12,17H,13-16H2,1H3,(H,27,30). The number of furan rings is 1. The Morgan fingerprint density at radius 3 is 2.39 bits per heavy atom. The van der Waals surface area contributed by atoms with E-state index >= 15 is 0 Å². The van der Waals surface area contributed by atoms with Crippen LogP contribution in [-0.2, 0) is 26.2 Å². The number of halogens is 1.